The van der Waals surface area contributed by atoms with Gasteiger partial charge in [0.1, 0.15) is 0 Å². The van der Waals surface area contributed by atoms with Crippen LogP contribution in [0.1, 0.15) is 44.9 Å². The summed E-state index contributed by atoms with van der Waals surface area (Å²) in [7, 11) is 0. The summed E-state index contributed by atoms with van der Waals surface area (Å²) in [5.74, 6) is 0. The summed E-state index contributed by atoms with van der Waals surface area (Å²) < 4.78 is 0. The van der Waals surface area contributed by atoms with Crippen LogP contribution in [0.2, 0.25) is 5.02 Å². The lowest BCUT2D eigenvalue weighted by Gasteiger charge is -2.19. The van der Waals surface area contributed by atoms with Crippen molar-refractivity contribution in [1.29, 1.82) is 0 Å². The minimum atomic E-state index is -0.493. The highest BCUT2D eigenvalue weighted by Crippen LogP contribution is 2.35. The zero-order chi connectivity index (χ0) is 15.6. The molecule has 2 aromatic rings. The average Bonchev–Trinajstić information content (AvgIpc) is 2.40. The van der Waals surface area contributed by atoms with E-state index in [2.05, 4.69) is 45.0 Å². The van der Waals surface area contributed by atoms with Crippen molar-refractivity contribution in [3.05, 3.63) is 58.6 Å². The van der Waals surface area contributed by atoms with Crippen LogP contribution in [0.4, 0.5) is 0 Å². The molecule has 0 heterocycles. The van der Waals surface area contributed by atoms with Crippen molar-refractivity contribution in [2.75, 3.05) is 0 Å². The third-order valence-electron chi connectivity index (χ3n) is 3.39. The molecule has 0 aromatic heterocycles. The SMILES string of the molecule is C[C@H](O)c1ccc(Sc2ccc(C(C)(C)C)cc2)c(Cl)c1. The summed E-state index contributed by atoms with van der Waals surface area (Å²) in [5.41, 5.74) is 2.33. The Hall–Kier alpha value is -0.960. The zero-order valence-electron chi connectivity index (χ0n) is 12.9. The van der Waals surface area contributed by atoms with Gasteiger partial charge in [-0.2, -0.15) is 0 Å². The molecule has 3 heteroatoms. The van der Waals surface area contributed by atoms with Crippen molar-refractivity contribution in [2.24, 2.45) is 0 Å². The third kappa shape index (κ3) is 4.26. The van der Waals surface area contributed by atoms with Gasteiger partial charge in [0.25, 0.3) is 0 Å². The summed E-state index contributed by atoms with van der Waals surface area (Å²) in [5, 5.41) is 10.2. The minimum absolute atomic E-state index is 0.166. The number of hydrogen-bond donors (Lipinski definition) is 1. The molecule has 0 spiro atoms. The molecule has 21 heavy (non-hydrogen) atoms. The van der Waals surface area contributed by atoms with E-state index < -0.39 is 6.10 Å². The van der Waals surface area contributed by atoms with E-state index in [0.29, 0.717) is 5.02 Å². The number of aliphatic hydroxyl groups is 1. The monoisotopic (exact) mass is 320 g/mol. The van der Waals surface area contributed by atoms with Crippen LogP contribution in [-0.2, 0) is 5.41 Å². The normalized spacial score (nSPS) is 13.2. The molecular weight excluding hydrogens is 300 g/mol. The second kappa shape index (κ2) is 6.43. The average molecular weight is 321 g/mol. The number of benzene rings is 2. The van der Waals surface area contributed by atoms with E-state index in [9.17, 15) is 5.11 Å². The summed E-state index contributed by atoms with van der Waals surface area (Å²) in [6.45, 7) is 8.37. The molecule has 0 unspecified atom stereocenters. The van der Waals surface area contributed by atoms with Crippen molar-refractivity contribution >= 4 is 23.4 Å². The van der Waals surface area contributed by atoms with E-state index in [1.165, 1.54) is 5.56 Å². The molecule has 0 saturated carbocycles. The third-order valence-corrected chi connectivity index (χ3v) is 4.90. The van der Waals surface area contributed by atoms with Gasteiger partial charge in [0.2, 0.25) is 0 Å². The van der Waals surface area contributed by atoms with Gasteiger partial charge in [0.05, 0.1) is 11.1 Å². The van der Waals surface area contributed by atoms with Crippen molar-refractivity contribution in [2.45, 2.75) is 49.0 Å². The van der Waals surface area contributed by atoms with Crippen LogP contribution in [0.5, 0.6) is 0 Å². The first kappa shape index (κ1) is 16.4. The van der Waals surface area contributed by atoms with Gasteiger partial charge < -0.3 is 5.11 Å². The Morgan fingerprint density at radius 2 is 1.67 bits per heavy atom. The van der Waals surface area contributed by atoms with Gasteiger partial charge >= 0.3 is 0 Å². The highest BCUT2D eigenvalue weighted by Gasteiger charge is 2.13. The van der Waals surface area contributed by atoms with Crippen LogP contribution >= 0.6 is 23.4 Å². The molecule has 0 saturated heterocycles. The van der Waals surface area contributed by atoms with E-state index in [1.807, 2.05) is 18.2 Å². The quantitative estimate of drug-likeness (QED) is 0.766. The molecular formula is C18H21ClOS. The molecule has 1 N–H and O–H groups in total. The van der Waals surface area contributed by atoms with Crippen molar-refractivity contribution in [1.82, 2.24) is 0 Å². The Bertz CT molecular complexity index is 612. The van der Waals surface area contributed by atoms with Crippen LogP contribution in [0.15, 0.2) is 52.3 Å². The van der Waals surface area contributed by atoms with Gasteiger partial charge in [-0.05, 0) is 47.7 Å². The van der Waals surface area contributed by atoms with E-state index in [1.54, 1.807) is 18.7 Å². The molecule has 0 radical (unpaired) electrons. The van der Waals surface area contributed by atoms with Crippen molar-refractivity contribution in [3.63, 3.8) is 0 Å². The lowest BCUT2D eigenvalue weighted by atomic mass is 9.87. The largest absolute Gasteiger partial charge is 0.389 e. The first-order chi connectivity index (χ1) is 9.77. The predicted molar refractivity (Wildman–Crippen MR) is 91.4 cm³/mol. The van der Waals surface area contributed by atoms with Gasteiger partial charge in [-0.1, -0.05) is 62.3 Å². The Kier molecular flexibility index (Phi) is 5.03. The highest BCUT2D eigenvalue weighted by atomic mass is 35.5. The summed E-state index contributed by atoms with van der Waals surface area (Å²) in [6, 6.07) is 14.3. The van der Waals surface area contributed by atoms with Crippen molar-refractivity contribution < 1.29 is 5.11 Å². The van der Waals surface area contributed by atoms with Crippen LogP contribution in [0, 0.1) is 0 Å². The molecule has 1 nitrogen and oxygen atoms in total. The summed E-state index contributed by atoms with van der Waals surface area (Å²) >= 11 is 7.94. The molecule has 0 amide bonds. The number of aliphatic hydroxyl groups excluding tert-OH is 1. The van der Waals surface area contributed by atoms with E-state index in [4.69, 9.17) is 11.6 Å². The van der Waals surface area contributed by atoms with E-state index in [-0.39, 0.29) is 5.41 Å². The van der Waals surface area contributed by atoms with E-state index in [0.717, 1.165) is 15.4 Å². The van der Waals surface area contributed by atoms with Gasteiger partial charge in [-0.25, -0.2) is 0 Å². The highest BCUT2D eigenvalue weighted by molar-refractivity contribution is 7.99. The fourth-order valence-corrected chi connectivity index (χ4v) is 3.13. The molecule has 0 fully saturated rings. The second-order valence-electron chi connectivity index (χ2n) is 6.24. The standard InChI is InChI=1S/C18H21ClOS/c1-12(20)13-5-10-17(16(19)11-13)21-15-8-6-14(7-9-15)18(2,3)4/h5-12,20H,1-4H3/t12-/m0/s1. The minimum Gasteiger partial charge on any atom is -0.389 e. The number of halogens is 1. The molecule has 0 aliphatic heterocycles. The Labute approximate surface area is 136 Å². The smallest absolute Gasteiger partial charge is 0.0762 e. The van der Waals surface area contributed by atoms with Crippen LogP contribution in [0.25, 0.3) is 0 Å². The fourth-order valence-electron chi connectivity index (χ4n) is 2.01. The fraction of sp³-hybridized carbons (Fsp3) is 0.333. The lowest BCUT2D eigenvalue weighted by Crippen LogP contribution is -2.10. The van der Waals surface area contributed by atoms with Gasteiger partial charge in [-0.15, -0.1) is 0 Å². The maximum atomic E-state index is 9.57. The van der Waals surface area contributed by atoms with Crippen LogP contribution in [-0.4, -0.2) is 5.11 Å². The molecule has 112 valence electrons. The van der Waals surface area contributed by atoms with E-state index >= 15 is 0 Å². The molecule has 0 aliphatic carbocycles. The first-order valence-corrected chi connectivity index (χ1v) is 8.23. The summed E-state index contributed by atoms with van der Waals surface area (Å²) in [6.07, 6.45) is -0.493. The number of rotatable bonds is 3. The Morgan fingerprint density at radius 3 is 2.14 bits per heavy atom. The van der Waals surface area contributed by atoms with Gasteiger partial charge in [0.15, 0.2) is 0 Å². The Morgan fingerprint density at radius 1 is 1.05 bits per heavy atom. The lowest BCUT2D eigenvalue weighted by molar-refractivity contribution is 0.199. The Balaban J connectivity index is 2.19. The maximum Gasteiger partial charge on any atom is 0.0762 e. The van der Waals surface area contributed by atoms with Crippen LogP contribution < -0.4 is 0 Å². The molecule has 1 atom stereocenters. The van der Waals surface area contributed by atoms with Crippen LogP contribution in [0.3, 0.4) is 0 Å². The zero-order valence-corrected chi connectivity index (χ0v) is 14.4. The second-order valence-corrected chi connectivity index (χ2v) is 7.76. The summed E-state index contributed by atoms with van der Waals surface area (Å²) in [4.78, 5) is 2.17. The molecule has 0 bridgehead atoms. The molecule has 0 aliphatic rings. The van der Waals surface area contributed by atoms with Gasteiger partial charge in [0, 0.05) is 9.79 Å². The molecule has 2 aromatic carbocycles. The van der Waals surface area contributed by atoms with Gasteiger partial charge in [-0.3, -0.25) is 0 Å². The number of hydrogen-bond acceptors (Lipinski definition) is 2. The topological polar surface area (TPSA) is 20.2 Å². The maximum absolute atomic E-state index is 9.57. The van der Waals surface area contributed by atoms with Crippen molar-refractivity contribution in [3.8, 4) is 0 Å². The first-order valence-electron chi connectivity index (χ1n) is 7.03. The molecule has 2 rings (SSSR count). The predicted octanol–water partition coefficient (Wildman–Crippen LogP) is 5.84.